The summed E-state index contributed by atoms with van der Waals surface area (Å²) >= 11 is 0. The zero-order chi connectivity index (χ0) is 15.1. The van der Waals surface area contributed by atoms with E-state index in [-0.39, 0.29) is 0 Å². The third-order valence-electron chi connectivity index (χ3n) is 4.26. The number of rotatable bonds is 7. The summed E-state index contributed by atoms with van der Waals surface area (Å²) in [6.07, 6.45) is 4.26. The summed E-state index contributed by atoms with van der Waals surface area (Å²) in [7, 11) is 0. The van der Waals surface area contributed by atoms with Crippen LogP contribution in [0.25, 0.3) is 0 Å². The van der Waals surface area contributed by atoms with Crippen molar-refractivity contribution in [2.75, 3.05) is 49.5 Å². The van der Waals surface area contributed by atoms with E-state index in [1.165, 1.54) is 12.8 Å². The topological polar surface area (TPSA) is 44.3 Å². The lowest BCUT2D eigenvalue weighted by molar-refractivity contribution is 0.316. The normalized spacial score (nSPS) is 19.0. The molecule has 2 heterocycles. The molecule has 0 radical (unpaired) electrons. The van der Waals surface area contributed by atoms with E-state index in [2.05, 4.69) is 51.9 Å². The highest BCUT2D eigenvalue weighted by Gasteiger charge is 2.17. The Bertz CT molecular complexity index is 419. The van der Waals surface area contributed by atoms with Crippen LogP contribution in [0.4, 0.5) is 11.6 Å². The van der Waals surface area contributed by atoms with Crippen molar-refractivity contribution in [2.45, 2.75) is 33.6 Å². The van der Waals surface area contributed by atoms with E-state index in [1.807, 2.05) is 0 Å². The summed E-state index contributed by atoms with van der Waals surface area (Å²) in [6, 6.07) is 2.08. The Kier molecular flexibility index (Phi) is 6.23. The van der Waals surface area contributed by atoms with Gasteiger partial charge in [-0.2, -0.15) is 0 Å². The molecular formula is C16H29N5. The van der Waals surface area contributed by atoms with E-state index in [4.69, 9.17) is 0 Å². The van der Waals surface area contributed by atoms with Gasteiger partial charge in [-0.1, -0.05) is 20.8 Å². The Morgan fingerprint density at radius 2 is 2.14 bits per heavy atom. The standard InChI is InChI=1S/C16H29N5/c1-4-20(5-2)10-8-17-15-11-16(19-13-18-15)21-9-6-7-14(3)12-21/h11,13-14H,4-10,12H2,1-3H3,(H,17,18,19). The highest BCUT2D eigenvalue weighted by atomic mass is 15.2. The molecule has 21 heavy (non-hydrogen) atoms. The fourth-order valence-electron chi connectivity index (χ4n) is 2.90. The van der Waals surface area contributed by atoms with Gasteiger partial charge in [-0.3, -0.25) is 0 Å². The van der Waals surface area contributed by atoms with Crippen LogP contribution >= 0.6 is 0 Å². The van der Waals surface area contributed by atoms with Gasteiger partial charge in [0.25, 0.3) is 0 Å². The highest BCUT2D eigenvalue weighted by Crippen LogP contribution is 2.22. The molecule has 1 aliphatic rings. The highest BCUT2D eigenvalue weighted by molar-refractivity contribution is 5.48. The number of likely N-dealkylation sites (N-methyl/N-ethyl adjacent to an activating group) is 1. The number of nitrogens with zero attached hydrogens (tertiary/aromatic N) is 4. The first-order valence-corrected chi connectivity index (χ1v) is 8.26. The predicted molar refractivity (Wildman–Crippen MR) is 88.9 cm³/mol. The van der Waals surface area contributed by atoms with Crippen molar-refractivity contribution in [1.82, 2.24) is 14.9 Å². The lowest BCUT2D eigenvalue weighted by Gasteiger charge is -2.31. The van der Waals surface area contributed by atoms with Crippen molar-refractivity contribution in [2.24, 2.45) is 5.92 Å². The smallest absolute Gasteiger partial charge is 0.134 e. The molecule has 0 spiro atoms. The molecule has 1 atom stereocenters. The van der Waals surface area contributed by atoms with Crippen LogP contribution in [0, 0.1) is 5.92 Å². The fraction of sp³-hybridized carbons (Fsp3) is 0.750. The van der Waals surface area contributed by atoms with Gasteiger partial charge in [-0.05, 0) is 31.8 Å². The largest absolute Gasteiger partial charge is 0.369 e. The molecule has 1 aromatic rings. The molecular weight excluding hydrogens is 262 g/mol. The third-order valence-corrected chi connectivity index (χ3v) is 4.26. The summed E-state index contributed by atoms with van der Waals surface area (Å²) in [4.78, 5) is 13.6. The summed E-state index contributed by atoms with van der Waals surface area (Å²) in [5.74, 6) is 2.75. The molecule has 0 bridgehead atoms. The number of hydrogen-bond acceptors (Lipinski definition) is 5. The molecule has 1 N–H and O–H groups in total. The summed E-state index contributed by atoms with van der Waals surface area (Å²) in [5, 5.41) is 3.42. The Morgan fingerprint density at radius 1 is 1.33 bits per heavy atom. The van der Waals surface area contributed by atoms with Crippen molar-refractivity contribution in [3.8, 4) is 0 Å². The van der Waals surface area contributed by atoms with Crippen LogP contribution in [0.3, 0.4) is 0 Å². The van der Waals surface area contributed by atoms with Crippen molar-refractivity contribution in [3.05, 3.63) is 12.4 Å². The fourth-order valence-corrected chi connectivity index (χ4v) is 2.90. The number of anilines is 2. The minimum absolute atomic E-state index is 0.757. The minimum Gasteiger partial charge on any atom is -0.369 e. The van der Waals surface area contributed by atoms with E-state index in [1.54, 1.807) is 6.33 Å². The number of aromatic nitrogens is 2. The summed E-state index contributed by atoms with van der Waals surface area (Å²) < 4.78 is 0. The quantitative estimate of drug-likeness (QED) is 0.836. The molecule has 1 aliphatic heterocycles. The van der Waals surface area contributed by atoms with E-state index in [9.17, 15) is 0 Å². The van der Waals surface area contributed by atoms with E-state index in [0.717, 1.165) is 56.8 Å². The molecule has 5 nitrogen and oxygen atoms in total. The van der Waals surface area contributed by atoms with Crippen molar-refractivity contribution < 1.29 is 0 Å². The van der Waals surface area contributed by atoms with Gasteiger partial charge in [0.2, 0.25) is 0 Å². The van der Waals surface area contributed by atoms with Gasteiger partial charge in [0.15, 0.2) is 0 Å². The Labute approximate surface area is 128 Å². The lowest BCUT2D eigenvalue weighted by atomic mass is 10.0. The van der Waals surface area contributed by atoms with Crippen LogP contribution in [0.2, 0.25) is 0 Å². The Hall–Kier alpha value is -1.36. The molecule has 0 amide bonds. The van der Waals surface area contributed by atoms with Crippen LogP contribution in [0.15, 0.2) is 12.4 Å². The van der Waals surface area contributed by atoms with Gasteiger partial charge < -0.3 is 15.1 Å². The molecule has 0 aromatic carbocycles. The molecule has 1 saturated heterocycles. The third kappa shape index (κ3) is 4.84. The second kappa shape index (κ2) is 8.17. The van der Waals surface area contributed by atoms with E-state index < -0.39 is 0 Å². The van der Waals surface area contributed by atoms with Crippen LogP contribution < -0.4 is 10.2 Å². The van der Waals surface area contributed by atoms with Crippen molar-refractivity contribution >= 4 is 11.6 Å². The van der Waals surface area contributed by atoms with Crippen LogP contribution in [-0.4, -0.2) is 54.1 Å². The maximum Gasteiger partial charge on any atom is 0.134 e. The lowest BCUT2D eigenvalue weighted by Crippen LogP contribution is -2.35. The molecule has 0 aliphatic carbocycles. The molecule has 1 fully saturated rings. The number of piperidine rings is 1. The molecule has 0 saturated carbocycles. The van der Waals surface area contributed by atoms with Crippen LogP contribution in [0.5, 0.6) is 0 Å². The first-order valence-electron chi connectivity index (χ1n) is 8.26. The van der Waals surface area contributed by atoms with Gasteiger partial charge >= 0.3 is 0 Å². The monoisotopic (exact) mass is 291 g/mol. The SMILES string of the molecule is CCN(CC)CCNc1cc(N2CCCC(C)C2)ncn1. The van der Waals surface area contributed by atoms with Gasteiger partial charge in [-0.25, -0.2) is 9.97 Å². The molecule has 2 rings (SSSR count). The maximum atomic E-state index is 4.44. The van der Waals surface area contributed by atoms with Crippen molar-refractivity contribution in [1.29, 1.82) is 0 Å². The predicted octanol–water partition coefficient (Wildman–Crippen LogP) is 2.47. The Balaban J connectivity index is 1.88. The minimum atomic E-state index is 0.757. The van der Waals surface area contributed by atoms with Gasteiger partial charge in [0, 0.05) is 32.2 Å². The van der Waals surface area contributed by atoms with Gasteiger partial charge in [0.05, 0.1) is 0 Å². The number of nitrogens with one attached hydrogen (secondary N) is 1. The van der Waals surface area contributed by atoms with Crippen LogP contribution in [-0.2, 0) is 0 Å². The molecule has 1 unspecified atom stereocenters. The average molecular weight is 291 g/mol. The molecule has 1 aromatic heterocycles. The van der Waals surface area contributed by atoms with Gasteiger partial charge in [0.1, 0.15) is 18.0 Å². The zero-order valence-corrected chi connectivity index (χ0v) is 13.7. The molecule has 5 heteroatoms. The average Bonchev–Trinajstić information content (AvgIpc) is 2.52. The van der Waals surface area contributed by atoms with Crippen LogP contribution in [0.1, 0.15) is 33.6 Å². The summed E-state index contributed by atoms with van der Waals surface area (Å²) in [6.45, 7) is 13.1. The molecule has 118 valence electrons. The number of hydrogen-bond donors (Lipinski definition) is 1. The first kappa shape index (κ1) is 16.0. The maximum absolute atomic E-state index is 4.44. The van der Waals surface area contributed by atoms with Gasteiger partial charge in [-0.15, -0.1) is 0 Å². The first-order chi connectivity index (χ1) is 10.2. The van der Waals surface area contributed by atoms with E-state index >= 15 is 0 Å². The zero-order valence-electron chi connectivity index (χ0n) is 13.7. The second-order valence-corrected chi connectivity index (χ2v) is 5.91. The van der Waals surface area contributed by atoms with E-state index in [0.29, 0.717) is 0 Å². The second-order valence-electron chi connectivity index (χ2n) is 5.91. The Morgan fingerprint density at radius 3 is 2.86 bits per heavy atom. The summed E-state index contributed by atoms with van der Waals surface area (Å²) in [5.41, 5.74) is 0. The van der Waals surface area contributed by atoms with Crippen molar-refractivity contribution in [3.63, 3.8) is 0 Å².